The normalized spacial score (nSPS) is 15.5. The van der Waals surface area contributed by atoms with Gasteiger partial charge in [0, 0.05) is 10.7 Å². The Bertz CT molecular complexity index is 268. The highest BCUT2D eigenvalue weighted by molar-refractivity contribution is 5.15. The second-order valence-corrected chi connectivity index (χ2v) is 1.98. The molecule has 0 saturated heterocycles. The molecule has 54 valence electrons. The van der Waals surface area contributed by atoms with E-state index in [1.165, 1.54) is 12.1 Å². The molecule has 0 amide bonds. The molecule has 0 unspecified atom stereocenters. The van der Waals surface area contributed by atoms with Gasteiger partial charge in [0.25, 0.3) is 0 Å². The van der Waals surface area contributed by atoms with Crippen molar-refractivity contribution in [3.8, 4) is 0 Å². The summed E-state index contributed by atoms with van der Waals surface area (Å²) >= 11 is 0. The van der Waals surface area contributed by atoms with Gasteiger partial charge in [0.15, 0.2) is 0 Å². The van der Waals surface area contributed by atoms with Gasteiger partial charge in [0.05, 0.1) is 0 Å². The van der Waals surface area contributed by atoms with Crippen molar-refractivity contribution in [1.82, 2.24) is 5.32 Å². The standard InChI is InChI=1S/C8H10FN/c1-10-6-7-2-4-8(9)5-3-7/h2-5,10H,6H2,1H3/i1D3. The molecule has 1 aromatic rings. The average Bonchev–Trinajstić information content (AvgIpc) is 2.02. The summed E-state index contributed by atoms with van der Waals surface area (Å²) in [4.78, 5) is 0. The fourth-order valence-electron chi connectivity index (χ4n) is 0.704. The predicted octanol–water partition coefficient (Wildman–Crippen LogP) is 1.55. The van der Waals surface area contributed by atoms with Crippen LogP contribution in [-0.2, 0) is 6.54 Å². The number of benzene rings is 1. The van der Waals surface area contributed by atoms with E-state index in [1.807, 2.05) is 0 Å². The van der Waals surface area contributed by atoms with Crippen LogP contribution in [0.15, 0.2) is 24.3 Å². The zero-order chi connectivity index (χ0) is 9.90. The number of rotatable bonds is 2. The van der Waals surface area contributed by atoms with Crippen LogP contribution < -0.4 is 5.32 Å². The lowest BCUT2D eigenvalue weighted by Gasteiger charge is -1.97. The maximum absolute atomic E-state index is 12.4. The molecule has 0 aliphatic carbocycles. The van der Waals surface area contributed by atoms with Gasteiger partial charge in [-0.05, 0) is 24.7 Å². The Morgan fingerprint density at radius 3 is 2.80 bits per heavy atom. The zero-order valence-electron chi connectivity index (χ0n) is 8.39. The minimum Gasteiger partial charge on any atom is -0.316 e. The molecule has 0 fully saturated rings. The summed E-state index contributed by atoms with van der Waals surface area (Å²) in [7, 11) is 0. The van der Waals surface area contributed by atoms with Gasteiger partial charge < -0.3 is 5.32 Å². The van der Waals surface area contributed by atoms with E-state index in [0.717, 1.165) is 5.56 Å². The molecule has 10 heavy (non-hydrogen) atoms. The topological polar surface area (TPSA) is 12.0 Å². The summed E-state index contributed by atoms with van der Waals surface area (Å²) in [6.45, 7) is -1.93. The second-order valence-electron chi connectivity index (χ2n) is 1.98. The van der Waals surface area contributed by atoms with Crippen LogP contribution in [0.1, 0.15) is 9.68 Å². The zero-order valence-corrected chi connectivity index (χ0v) is 5.39. The van der Waals surface area contributed by atoms with Gasteiger partial charge in [0.2, 0.25) is 0 Å². The van der Waals surface area contributed by atoms with E-state index in [2.05, 4.69) is 5.32 Å². The highest BCUT2D eigenvalue weighted by Gasteiger charge is 1.89. The van der Waals surface area contributed by atoms with E-state index < -0.39 is 6.98 Å². The summed E-state index contributed by atoms with van der Waals surface area (Å²) in [6.07, 6.45) is 0. The van der Waals surface area contributed by atoms with Gasteiger partial charge in [-0.25, -0.2) is 4.39 Å². The third-order valence-electron chi connectivity index (χ3n) is 1.21. The molecule has 0 bridgehead atoms. The van der Waals surface area contributed by atoms with Crippen LogP contribution in [0, 0.1) is 5.82 Å². The maximum atomic E-state index is 12.4. The quantitative estimate of drug-likeness (QED) is 0.660. The van der Waals surface area contributed by atoms with Gasteiger partial charge in [-0.1, -0.05) is 12.1 Å². The Morgan fingerprint density at radius 2 is 2.20 bits per heavy atom. The molecule has 0 atom stereocenters. The second kappa shape index (κ2) is 3.32. The van der Waals surface area contributed by atoms with Gasteiger partial charge in [-0.2, -0.15) is 0 Å². The first-order valence-electron chi connectivity index (χ1n) is 4.47. The van der Waals surface area contributed by atoms with Crippen molar-refractivity contribution in [3.63, 3.8) is 0 Å². The molecular weight excluding hydrogens is 129 g/mol. The number of nitrogens with one attached hydrogen (secondary N) is 1. The van der Waals surface area contributed by atoms with Crippen molar-refractivity contribution in [1.29, 1.82) is 0 Å². The van der Waals surface area contributed by atoms with Crippen LogP contribution in [0.5, 0.6) is 0 Å². The van der Waals surface area contributed by atoms with E-state index in [9.17, 15) is 4.39 Å². The van der Waals surface area contributed by atoms with Crippen LogP contribution in [0.4, 0.5) is 4.39 Å². The van der Waals surface area contributed by atoms with Crippen molar-refractivity contribution in [2.24, 2.45) is 0 Å². The van der Waals surface area contributed by atoms with Crippen molar-refractivity contribution in [3.05, 3.63) is 35.6 Å². The summed E-state index contributed by atoms with van der Waals surface area (Å²) in [5, 5.41) is 2.34. The monoisotopic (exact) mass is 142 g/mol. The summed E-state index contributed by atoms with van der Waals surface area (Å²) in [5.74, 6) is -0.322. The fraction of sp³-hybridized carbons (Fsp3) is 0.250. The van der Waals surface area contributed by atoms with Crippen molar-refractivity contribution < 1.29 is 8.50 Å². The molecular formula is C8H10FN. The molecule has 1 rings (SSSR count). The third-order valence-corrected chi connectivity index (χ3v) is 1.21. The Labute approximate surface area is 64.1 Å². The summed E-state index contributed by atoms with van der Waals surface area (Å²) in [6, 6.07) is 5.70. The third kappa shape index (κ3) is 1.81. The molecule has 0 aromatic heterocycles. The first-order chi connectivity index (χ1) is 5.97. The van der Waals surface area contributed by atoms with Crippen LogP contribution in [0.3, 0.4) is 0 Å². The van der Waals surface area contributed by atoms with Gasteiger partial charge in [-0.15, -0.1) is 0 Å². The fourth-order valence-corrected chi connectivity index (χ4v) is 0.704. The molecule has 1 N–H and O–H groups in total. The van der Waals surface area contributed by atoms with Crippen LogP contribution in [-0.4, -0.2) is 6.98 Å². The van der Waals surface area contributed by atoms with Gasteiger partial charge in [-0.3, -0.25) is 0 Å². The van der Waals surface area contributed by atoms with Crippen LogP contribution in [0.2, 0.25) is 0 Å². The maximum Gasteiger partial charge on any atom is 0.123 e. The van der Waals surface area contributed by atoms with E-state index in [0.29, 0.717) is 0 Å². The first kappa shape index (κ1) is 4.09. The smallest absolute Gasteiger partial charge is 0.123 e. The SMILES string of the molecule is [2H]C([2H])([2H])NCc1ccc(F)cc1. The molecule has 0 radical (unpaired) electrons. The molecule has 0 spiro atoms. The van der Waals surface area contributed by atoms with E-state index in [4.69, 9.17) is 4.11 Å². The Kier molecular flexibility index (Phi) is 1.36. The summed E-state index contributed by atoms with van der Waals surface area (Å²) in [5.41, 5.74) is 0.748. The van der Waals surface area contributed by atoms with Crippen LogP contribution in [0.25, 0.3) is 0 Å². The van der Waals surface area contributed by atoms with Gasteiger partial charge >= 0.3 is 0 Å². The van der Waals surface area contributed by atoms with Crippen LogP contribution >= 0.6 is 0 Å². The van der Waals surface area contributed by atoms with Crippen molar-refractivity contribution >= 4 is 0 Å². The van der Waals surface area contributed by atoms with E-state index in [-0.39, 0.29) is 12.4 Å². The Morgan fingerprint density at radius 1 is 1.50 bits per heavy atom. The molecule has 0 aliphatic heterocycles. The lowest BCUT2D eigenvalue weighted by molar-refractivity contribution is 0.626. The minimum absolute atomic E-state index is 0.219. The first-order valence-corrected chi connectivity index (χ1v) is 2.97. The minimum atomic E-state index is -2.14. The van der Waals surface area contributed by atoms with E-state index >= 15 is 0 Å². The predicted molar refractivity (Wildman–Crippen MR) is 39.2 cm³/mol. The molecule has 0 saturated carbocycles. The van der Waals surface area contributed by atoms with Crippen molar-refractivity contribution in [2.75, 3.05) is 6.98 Å². The molecule has 1 nitrogen and oxygen atoms in total. The number of hydrogen-bond donors (Lipinski definition) is 1. The largest absolute Gasteiger partial charge is 0.316 e. The highest BCUT2D eigenvalue weighted by Crippen LogP contribution is 2.01. The van der Waals surface area contributed by atoms with Crippen molar-refractivity contribution in [2.45, 2.75) is 6.54 Å². The number of hydrogen-bond acceptors (Lipinski definition) is 1. The van der Waals surface area contributed by atoms with E-state index in [1.54, 1.807) is 12.1 Å². The van der Waals surface area contributed by atoms with Gasteiger partial charge in [0.1, 0.15) is 5.82 Å². The molecule has 0 aliphatic rings. The average molecular weight is 142 g/mol. The molecule has 2 heteroatoms. The number of halogens is 1. The lowest BCUT2D eigenvalue weighted by atomic mass is 10.2. The molecule has 0 heterocycles. The lowest BCUT2D eigenvalue weighted by Crippen LogP contribution is -2.04. The Balaban J connectivity index is 2.51. The summed E-state index contributed by atoms with van der Waals surface area (Å²) < 4.78 is 33.0. The Hall–Kier alpha value is -0.890. The highest BCUT2D eigenvalue weighted by atomic mass is 19.1. The molecule has 1 aromatic carbocycles.